The molecule has 0 unspecified atom stereocenters. The quantitative estimate of drug-likeness (QED) is 0.489. The van der Waals surface area contributed by atoms with Crippen molar-refractivity contribution < 1.29 is 9.15 Å². The molecule has 0 saturated carbocycles. The summed E-state index contributed by atoms with van der Waals surface area (Å²) < 4.78 is 11.4. The van der Waals surface area contributed by atoms with Crippen LogP contribution in [0.1, 0.15) is 22.8 Å². The van der Waals surface area contributed by atoms with Crippen molar-refractivity contribution in [1.82, 2.24) is 20.2 Å². The molecule has 0 aliphatic rings. The molecule has 2 heterocycles. The SMILES string of the molecule is Cc1ccc(C)c(OCc2nnc(SCc3nc(N)c4ccccc4n3)o2)c1. The zero-order valence-corrected chi connectivity index (χ0v) is 16.4. The van der Waals surface area contributed by atoms with E-state index in [2.05, 4.69) is 20.2 Å². The minimum absolute atomic E-state index is 0.220. The number of anilines is 1. The number of nitrogens with zero attached hydrogens (tertiary/aromatic N) is 4. The lowest BCUT2D eigenvalue weighted by Crippen LogP contribution is -1.99. The molecule has 0 aliphatic heterocycles. The van der Waals surface area contributed by atoms with Gasteiger partial charge in [-0.3, -0.25) is 0 Å². The minimum atomic E-state index is 0.220. The molecule has 2 N–H and O–H groups in total. The first-order valence-corrected chi connectivity index (χ1v) is 9.73. The highest BCUT2D eigenvalue weighted by Crippen LogP contribution is 2.24. The molecule has 142 valence electrons. The second-order valence-electron chi connectivity index (χ2n) is 6.35. The number of ether oxygens (including phenoxy) is 1. The number of aryl methyl sites for hydroxylation is 2. The summed E-state index contributed by atoms with van der Waals surface area (Å²) in [7, 11) is 0. The topological polar surface area (TPSA) is 100.0 Å². The summed E-state index contributed by atoms with van der Waals surface area (Å²) >= 11 is 1.36. The first kappa shape index (κ1) is 18.2. The molecule has 7 nitrogen and oxygen atoms in total. The van der Waals surface area contributed by atoms with Crippen molar-refractivity contribution >= 4 is 28.5 Å². The first-order chi connectivity index (χ1) is 13.6. The van der Waals surface area contributed by atoms with E-state index >= 15 is 0 Å². The Bertz CT molecular complexity index is 1130. The van der Waals surface area contributed by atoms with Crippen LogP contribution in [0.3, 0.4) is 0 Å². The highest BCUT2D eigenvalue weighted by atomic mass is 32.2. The van der Waals surface area contributed by atoms with E-state index in [4.69, 9.17) is 14.9 Å². The van der Waals surface area contributed by atoms with Crippen molar-refractivity contribution in [3.8, 4) is 5.75 Å². The van der Waals surface area contributed by atoms with Crippen LogP contribution in [0.25, 0.3) is 10.9 Å². The average Bonchev–Trinajstić information content (AvgIpc) is 3.15. The largest absolute Gasteiger partial charge is 0.484 e. The van der Waals surface area contributed by atoms with Crippen LogP contribution in [0.15, 0.2) is 52.1 Å². The van der Waals surface area contributed by atoms with Crippen molar-refractivity contribution in [3.63, 3.8) is 0 Å². The summed E-state index contributed by atoms with van der Waals surface area (Å²) in [6.45, 7) is 4.24. The maximum Gasteiger partial charge on any atom is 0.277 e. The van der Waals surface area contributed by atoms with Gasteiger partial charge in [-0.2, -0.15) is 0 Å². The number of thioether (sulfide) groups is 1. The fraction of sp³-hybridized carbons (Fsp3) is 0.200. The molecule has 0 spiro atoms. The number of nitrogen functional groups attached to an aromatic ring is 1. The highest BCUT2D eigenvalue weighted by molar-refractivity contribution is 7.98. The number of rotatable bonds is 6. The Morgan fingerprint density at radius 1 is 1.07 bits per heavy atom. The molecule has 0 atom stereocenters. The Hall–Kier alpha value is -3.13. The number of benzene rings is 2. The maximum atomic E-state index is 6.02. The molecule has 8 heteroatoms. The predicted molar refractivity (Wildman–Crippen MR) is 108 cm³/mol. The Balaban J connectivity index is 1.39. The average molecular weight is 393 g/mol. The lowest BCUT2D eigenvalue weighted by molar-refractivity contribution is 0.250. The van der Waals surface area contributed by atoms with Gasteiger partial charge in [-0.15, -0.1) is 10.2 Å². The summed E-state index contributed by atoms with van der Waals surface area (Å²) in [5.41, 5.74) is 9.03. The Morgan fingerprint density at radius 2 is 1.93 bits per heavy atom. The minimum Gasteiger partial charge on any atom is -0.484 e. The number of hydrogen-bond donors (Lipinski definition) is 1. The van der Waals surface area contributed by atoms with Gasteiger partial charge in [0.15, 0.2) is 6.61 Å². The molecule has 0 radical (unpaired) electrons. The van der Waals surface area contributed by atoms with Crippen LogP contribution in [0, 0.1) is 13.8 Å². The first-order valence-electron chi connectivity index (χ1n) is 8.75. The summed E-state index contributed by atoms with van der Waals surface area (Å²) in [4.78, 5) is 8.87. The fourth-order valence-corrected chi connectivity index (χ4v) is 3.33. The maximum absolute atomic E-state index is 6.02. The number of aromatic nitrogens is 4. The van der Waals surface area contributed by atoms with Crippen LogP contribution in [0.5, 0.6) is 5.75 Å². The number of para-hydroxylation sites is 1. The normalized spacial score (nSPS) is 11.1. The Morgan fingerprint density at radius 3 is 2.82 bits per heavy atom. The Kier molecular flexibility index (Phi) is 5.12. The predicted octanol–water partition coefficient (Wildman–Crippen LogP) is 4.08. The van der Waals surface area contributed by atoms with E-state index < -0.39 is 0 Å². The summed E-state index contributed by atoms with van der Waals surface area (Å²) in [6.07, 6.45) is 0. The fourth-order valence-electron chi connectivity index (χ4n) is 2.70. The van der Waals surface area contributed by atoms with Gasteiger partial charge in [0.05, 0.1) is 11.3 Å². The third-order valence-corrected chi connectivity index (χ3v) is 4.96. The second-order valence-corrected chi connectivity index (χ2v) is 7.28. The lowest BCUT2D eigenvalue weighted by Gasteiger charge is -2.07. The van der Waals surface area contributed by atoms with E-state index in [-0.39, 0.29) is 6.61 Å². The summed E-state index contributed by atoms with van der Waals surface area (Å²) in [5.74, 6) is 2.80. The number of fused-ring (bicyclic) bond motifs is 1. The van der Waals surface area contributed by atoms with Gasteiger partial charge in [0.2, 0.25) is 0 Å². The van der Waals surface area contributed by atoms with Crippen LogP contribution in [0.4, 0.5) is 5.82 Å². The molecule has 4 rings (SSSR count). The van der Waals surface area contributed by atoms with Crippen molar-refractivity contribution in [3.05, 3.63) is 65.3 Å². The standard InChI is InChI=1S/C20H19N5O2S/c1-12-7-8-13(2)16(9-12)26-10-18-24-25-20(27-18)28-11-17-22-15-6-4-3-5-14(15)19(21)23-17/h3-9H,10-11H2,1-2H3,(H2,21,22,23). The smallest absolute Gasteiger partial charge is 0.277 e. The van der Waals surface area contributed by atoms with E-state index in [1.807, 2.05) is 56.3 Å². The molecule has 28 heavy (non-hydrogen) atoms. The molecule has 2 aromatic heterocycles. The van der Waals surface area contributed by atoms with Crippen molar-refractivity contribution in [2.75, 3.05) is 5.73 Å². The van der Waals surface area contributed by atoms with Crippen LogP contribution in [-0.2, 0) is 12.4 Å². The van der Waals surface area contributed by atoms with Gasteiger partial charge in [-0.1, -0.05) is 36.0 Å². The molecule has 4 aromatic rings. The van der Waals surface area contributed by atoms with E-state index in [0.717, 1.165) is 27.8 Å². The van der Waals surface area contributed by atoms with Gasteiger partial charge in [0.25, 0.3) is 11.1 Å². The molecule has 0 bridgehead atoms. The number of hydrogen-bond acceptors (Lipinski definition) is 8. The van der Waals surface area contributed by atoms with Crippen molar-refractivity contribution in [2.45, 2.75) is 31.4 Å². The molecule has 2 aromatic carbocycles. The van der Waals surface area contributed by atoms with Crippen LogP contribution < -0.4 is 10.5 Å². The lowest BCUT2D eigenvalue weighted by atomic mass is 10.1. The van der Waals surface area contributed by atoms with Crippen LogP contribution in [-0.4, -0.2) is 20.2 Å². The zero-order chi connectivity index (χ0) is 19.5. The van der Waals surface area contributed by atoms with Crippen molar-refractivity contribution in [1.29, 1.82) is 0 Å². The molecular weight excluding hydrogens is 374 g/mol. The van der Waals surface area contributed by atoms with Crippen LogP contribution in [0.2, 0.25) is 0 Å². The van der Waals surface area contributed by atoms with Gasteiger partial charge in [-0.05, 0) is 43.2 Å². The van der Waals surface area contributed by atoms with Crippen molar-refractivity contribution in [2.24, 2.45) is 0 Å². The second kappa shape index (κ2) is 7.85. The zero-order valence-electron chi connectivity index (χ0n) is 15.5. The van der Waals surface area contributed by atoms with E-state index in [9.17, 15) is 0 Å². The molecule has 0 fully saturated rings. The summed E-state index contributed by atoms with van der Waals surface area (Å²) in [5, 5.41) is 9.37. The van der Waals surface area contributed by atoms with Crippen LogP contribution >= 0.6 is 11.8 Å². The Labute approximate surface area is 166 Å². The molecule has 0 saturated heterocycles. The van der Waals surface area contributed by atoms with Gasteiger partial charge in [0.1, 0.15) is 17.4 Å². The van der Waals surface area contributed by atoms with E-state index in [1.165, 1.54) is 11.8 Å². The number of nitrogens with two attached hydrogens (primary N) is 1. The van der Waals surface area contributed by atoms with Gasteiger partial charge in [0, 0.05) is 5.39 Å². The van der Waals surface area contributed by atoms with Gasteiger partial charge in [-0.25, -0.2) is 9.97 Å². The van der Waals surface area contributed by atoms with E-state index in [0.29, 0.717) is 28.5 Å². The summed E-state index contributed by atoms with van der Waals surface area (Å²) in [6, 6.07) is 13.7. The van der Waals surface area contributed by atoms with E-state index in [1.54, 1.807) is 0 Å². The highest BCUT2D eigenvalue weighted by Gasteiger charge is 2.11. The molecular formula is C20H19N5O2S. The monoisotopic (exact) mass is 393 g/mol. The third kappa shape index (κ3) is 4.07. The van der Waals surface area contributed by atoms with Gasteiger partial charge < -0.3 is 14.9 Å². The third-order valence-electron chi connectivity index (χ3n) is 4.15. The molecule has 0 aliphatic carbocycles. The van der Waals surface area contributed by atoms with Gasteiger partial charge >= 0.3 is 0 Å². The molecule has 0 amide bonds.